The van der Waals surface area contributed by atoms with Crippen molar-refractivity contribution in [1.29, 1.82) is 0 Å². The van der Waals surface area contributed by atoms with Crippen LogP contribution in [-0.2, 0) is 29.0 Å². The minimum atomic E-state index is -0.363. The Morgan fingerprint density at radius 3 is 2.46 bits per heavy atom. The van der Waals surface area contributed by atoms with E-state index in [9.17, 15) is 14.4 Å². The van der Waals surface area contributed by atoms with Crippen LogP contribution in [0, 0.1) is 0 Å². The van der Waals surface area contributed by atoms with Crippen molar-refractivity contribution < 1.29 is 23.8 Å². The molecule has 186 valence electrons. The van der Waals surface area contributed by atoms with Crippen LogP contribution < -0.4 is 30.4 Å². The fraction of sp³-hybridized carbons (Fsp3) is 0.417. The Hall–Kier alpha value is -3.60. The van der Waals surface area contributed by atoms with Crippen LogP contribution in [0.1, 0.15) is 29.7 Å². The molecule has 0 bridgehead atoms. The van der Waals surface area contributed by atoms with Crippen LogP contribution in [0.15, 0.2) is 23.3 Å². The van der Waals surface area contributed by atoms with E-state index < -0.39 is 0 Å². The van der Waals surface area contributed by atoms with Crippen LogP contribution in [0.5, 0.6) is 17.2 Å². The number of aromatic nitrogens is 2. The van der Waals surface area contributed by atoms with Gasteiger partial charge in [-0.3, -0.25) is 19.0 Å². The molecule has 1 aliphatic carbocycles. The van der Waals surface area contributed by atoms with Gasteiger partial charge in [0.15, 0.2) is 11.5 Å². The molecule has 2 heterocycles. The van der Waals surface area contributed by atoms with Gasteiger partial charge in [-0.15, -0.1) is 11.3 Å². The van der Waals surface area contributed by atoms with E-state index in [1.807, 2.05) is 0 Å². The maximum atomic E-state index is 13.0. The number of fused-ring (bicyclic) bond motifs is 3. The fourth-order valence-electron chi connectivity index (χ4n) is 4.20. The van der Waals surface area contributed by atoms with Crippen molar-refractivity contribution in [3.8, 4) is 17.2 Å². The molecule has 0 unspecified atom stereocenters. The maximum absolute atomic E-state index is 13.0. The summed E-state index contributed by atoms with van der Waals surface area (Å²) in [5.41, 5.74) is 1.37. The third-order valence-corrected chi connectivity index (χ3v) is 7.08. The first-order valence-electron chi connectivity index (χ1n) is 11.3. The van der Waals surface area contributed by atoms with Crippen LogP contribution in [-0.4, -0.2) is 49.2 Å². The van der Waals surface area contributed by atoms with Gasteiger partial charge >= 0.3 is 0 Å². The summed E-state index contributed by atoms with van der Waals surface area (Å²) in [6.07, 6.45) is 5.52. The summed E-state index contributed by atoms with van der Waals surface area (Å²) in [6.45, 7) is -0.0335. The molecule has 3 aromatic rings. The van der Waals surface area contributed by atoms with Crippen LogP contribution in [0.3, 0.4) is 0 Å². The van der Waals surface area contributed by atoms with Gasteiger partial charge in [0.05, 0.1) is 33.0 Å². The maximum Gasteiger partial charge on any atom is 0.262 e. The van der Waals surface area contributed by atoms with E-state index in [2.05, 4.69) is 15.6 Å². The molecule has 2 amide bonds. The molecule has 0 atom stereocenters. The van der Waals surface area contributed by atoms with Gasteiger partial charge in [0, 0.05) is 35.7 Å². The number of aryl methyl sites for hydroxylation is 2. The van der Waals surface area contributed by atoms with Crippen LogP contribution in [0.2, 0.25) is 0 Å². The highest BCUT2D eigenvalue weighted by atomic mass is 32.1. The van der Waals surface area contributed by atoms with Crippen molar-refractivity contribution in [2.24, 2.45) is 0 Å². The molecule has 1 aromatic carbocycles. The predicted octanol–water partition coefficient (Wildman–Crippen LogP) is 2.51. The zero-order chi connectivity index (χ0) is 24.9. The molecule has 0 saturated carbocycles. The van der Waals surface area contributed by atoms with Crippen molar-refractivity contribution in [1.82, 2.24) is 14.9 Å². The van der Waals surface area contributed by atoms with E-state index in [0.717, 1.165) is 36.1 Å². The first-order valence-corrected chi connectivity index (χ1v) is 12.1. The summed E-state index contributed by atoms with van der Waals surface area (Å²) in [5.74, 6) is 0.588. The van der Waals surface area contributed by atoms with Crippen molar-refractivity contribution in [2.45, 2.75) is 38.6 Å². The monoisotopic (exact) mass is 500 g/mol. The Morgan fingerprint density at radius 2 is 1.77 bits per heavy atom. The number of hydrogen-bond donors (Lipinski definition) is 2. The first kappa shape index (κ1) is 24.5. The van der Waals surface area contributed by atoms with Crippen LogP contribution in [0.4, 0.5) is 5.69 Å². The van der Waals surface area contributed by atoms with E-state index in [-0.39, 0.29) is 36.9 Å². The molecule has 0 aliphatic heterocycles. The van der Waals surface area contributed by atoms with Crippen LogP contribution in [0.25, 0.3) is 10.2 Å². The number of nitrogens with one attached hydrogen (secondary N) is 2. The zero-order valence-electron chi connectivity index (χ0n) is 19.9. The Bertz CT molecular complexity index is 1290. The molecule has 1 aliphatic rings. The van der Waals surface area contributed by atoms with Gasteiger partial charge in [0.1, 0.15) is 11.4 Å². The number of carbonyl (C=O) groups excluding carboxylic acids is 2. The third kappa shape index (κ3) is 5.24. The summed E-state index contributed by atoms with van der Waals surface area (Å²) in [6, 6.07) is 3.24. The molecular weight excluding hydrogens is 472 g/mol. The molecule has 0 radical (unpaired) electrons. The molecule has 0 saturated heterocycles. The average molecular weight is 501 g/mol. The van der Waals surface area contributed by atoms with Crippen molar-refractivity contribution >= 4 is 39.1 Å². The molecule has 35 heavy (non-hydrogen) atoms. The molecule has 11 heteroatoms. The lowest BCUT2D eigenvalue weighted by molar-refractivity contribution is -0.121. The second-order valence-corrected chi connectivity index (χ2v) is 9.21. The normalized spacial score (nSPS) is 12.7. The SMILES string of the molecule is COc1cc(NC(=O)CCNC(=O)Cn2cnc3sc4c(c3c2=O)CCCC4)cc(OC)c1OC. The molecular formula is C24H28N4O6S. The fourth-order valence-corrected chi connectivity index (χ4v) is 5.42. The van der Waals surface area contributed by atoms with Gasteiger partial charge in [0.2, 0.25) is 17.6 Å². The summed E-state index contributed by atoms with van der Waals surface area (Å²) in [7, 11) is 4.48. The highest BCUT2D eigenvalue weighted by molar-refractivity contribution is 7.18. The Balaban J connectivity index is 1.33. The number of benzene rings is 1. The van der Waals surface area contributed by atoms with Gasteiger partial charge in [-0.25, -0.2) is 4.98 Å². The average Bonchev–Trinajstić information content (AvgIpc) is 3.24. The number of thiophene rings is 1. The number of anilines is 1. The summed E-state index contributed by atoms with van der Waals surface area (Å²) in [4.78, 5) is 44.2. The number of methoxy groups -OCH3 is 3. The van der Waals surface area contributed by atoms with Gasteiger partial charge in [-0.1, -0.05) is 0 Å². The molecule has 10 nitrogen and oxygen atoms in total. The van der Waals surface area contributed by atoms with Crippen molar-refractivity contribution in [2.75, 3.05) is 33.2 Å². The van der Waals surface area contributed by atoms with Crippen molar-refractivity contribution in [3.05, 3.63) is 39.3 Å². The molecule has 0 fully saturated rings. The quantitative estimate of drug-likeness (QED) is 0.463. The largest absolute Gasteiger partial charge is 0.493 e. The van der Waals surface area contributed by atoms with Crippen molar-refractivity contribution in [3.63, 3.8) is 0 Å². The number of ether oxygens (including phenoxy) is 3. The van der Waals surface area contributed by atoms with Gasteiger partial charge in [-0.05, 0) is 31.2 Å². The summed E-state index contributed by atoms with van der Waals surface area (Å²) in [5, 5.41) is 6.08. The lowest BCUT2D eigenvalue weighted by Gasteiger charge is -2.14. The minimum Gasteiger partial charge on any atom is -0.493 e. The first-order chi connectivity index (χ1) is 16.9. The van der Waals surface area contributed by atoms with E-state index in [1.54, 1.807) is 23.5 Å². The zero-order valence-corrected chi connectivity index (χ0v) is 20.8. The Kier molecular flexibility index (Phi) is 7.54. The number of carbonyl (C=O) groups is 2. The molecule has 2 N–H and O–H groups in total. The predicted molar refractivity (Wildman–Crippen MR) is 133 cm³/mol. The van der Waals surface area contributed by atoms with E-state index in [1.165, 1.54) is 37.1 Å². The molecule has 0 spiro atoms. The van der Waals surface area contributed by atoms with Gasteiger partial charge < -0.3 is 24.8 Å². The number of hydrogen-bond acceptors (Lipinski definition) is 8. The molecule has 4 rings (SSSR count). The number of amides is 2. The summed E-state index contributed by atoms with van der Waals surface area (Å²) >= 11 is 1.57. The van der Waals surface area contributed by atoms with Gasteiger partial charge in [-0.2, -0.15) is 0 Å². The second kappa shape index (κ2) is 10.8. The third-order valence-electron chi connectivity index (χ3n) is 5.88. The molecule has 2 aromatic heterocycles. The Morgan fingerprint density at radius 1 is 1.06 bits per heavy atom. The number of nitrogens with zero attached hydrogens (tertiary/aromatic N) is 2. The second-order valence-electron chi connectivity index (χ2n) is 8.13. The lowest BCUT2D eigenvalue weighted by Crippen LogP contribution is -2.34. The van der Waals surface area contributed by atoms with E-state index in [4.69, 9.17) is 14.2 Å². The van der Waals surface area contributed by atoms with Crippen LogP contribution >= 0.6 is 11.3 Å². The number of rotatable bonds is 9. The topological polar surface area (TPSA) is 121 Å². The van der Waals surface area contributed by atoms with E-state index >= 15 is 0 Å². The highest BCUT2D eigenvalue weighted by Crippen LogP contribution is 2.40. The lowest BCUT2D eigenvalue weighted by atomic mass is 9.97. The van der Waals surface area contributed by atoms with E-state index in [0.29, 0.717) is 28.3 Å². The summed E-state index contributed by atoms with van der Waals surface area (Å²) < 4.78 is 17.2. The smallest absolute Gasteiger partial charge is 0.262 e. The standard InChI is InChI=1S/C24H28N4O6S/c1-32-16-10-14(11-17(33-2)22(16)34-3)27-19(29)8-9-25-20(30)12-28-13-26-23-21(24(28)31)15-6-4-5-7-18(15)35-23/h10-11,13H,4-9,12H2,1-3H3,(H,25,30)(H,27,29). The minimum absolute atomic E-state index is 0.0482. The van der Waals surface area contributed by atoms with Gasteiger partial charge in [0.25, 0.3) is 5.56 Å². The Labute approximate surface area is 206 Å². The highest BCUT2D eigenvalue weighted by Gasteiger charge is 2.20.